The Morgan fingerprint density at radius 3 is 2.56 bits per heavy atom. The minimum atomic E-state index is 0.0155. The molecule has 3 heterocycles. The van der Waals surface area contributed by atoms with Crippen molar-refractivity contribution in [3.8, 4) is 11.1 Å². The highest BCUT2D eigenvalue weighted by atomic mass is 16.5. The molecule has 2 aliphatic rings. The fourth-order valence-electron chi connectivity index (χ4n) is 3.41. The van der Waals surface area contributed by atoms with Gasteiger partial charge in [-0.1, -0.05) is 24.3 Å². The molecule has 1 aromatic heterocycles. The number of carbonyl (C=O) groups is 2. The summed E-state index contributed by atoms with van der Waals surface area (Å²) >= 11 is 0. The van der Waals surface area contributed by atoms with E-state index in [2.05, 4.69) is 22.4 Å². The van der Waals surface area contributed by atoms with Crippen molar-refractivity contribution in [1.29, 1.82) is 0 Å². The van der Waals surface area contributed by atoms with E-state index in [1.54, 1.807) is 0 Å². The third-order valence-electron chi connectivity index (χ3n) is 4.90. The maximum atomic E-state index is 12.5. The molecule has 1 aromatic carbocycles. The summed E-state index contributed by atoms with van der Waals surface area (Å²) in [5, 5.41) is 2.87. The molecule has 2 fully saturated rings. The van der Waals surface area contributed by atoms with Gasteiger partial charge < -0.3 is 19.9 Å². The lowest BCUT2D eigenvalue weighted by Crippen LogP contribution is -2.40. The summed E-state index contributed by atoms with van der Waals surface area (Å²) in [5.74, 6) is 0.388. The molecule has 2 aromatic rings. The van der Waals surface area contributed by atoms with Gasteiger partial charge in [0.1, 0.15) is 5.69 Å². The van der Waals surface area contributed by atoms with Crippen molar-refractivity contribution < 1.29 is 14.3 Å². The zero-order valence-corrected chi connectivity index (χ0v) is 14.0. The average Bonchev–Trinajstić information content (AvgIpc) is 3.31. The van der Waals surface area contributed by atoms with E-state index in [0.717, 1.165) is 11.1 Å². The number of H-pyrrole nitrogens is 1. The Labute approximate surface area is 146 Å². The van der Waals surface area contributed by atoms with Crippen LogP contribution in [0.15, 0.2) is 36.5 Å². The molecular formula is C19H21N3O3. The molecule has 0 bridgehead atoms. The first kappa shape index (κ1) is 15.9. The van der Waals surface area contributed by atoms with Crippen molar-refractivity contribution in [2.75, 3.05) is 32.8 Å². The standard InChI is InChI=1S/C19H21N3O3/c23-18-10-16(12-21-18)14-3-1-13(2-4-14)15-9-17(20-11-15)19(24)22-5-7-25-8-6-22/h1-4,9,11,16,20H,5-8,10,12H2,(H,21,23). The zero-order chi connectivity index (χ0) is 17.2. The number of rotatable bonds is 3. The lowest BCUT2D eigenvalue weighted by Gasteiger charge is -2.26. The number of nitrogens with one attached hydrogen (secondary N) is 2. The van der Waals surface area contributed by atoms with E-state index >= 15 is 0 Å². The van der Waals surface area contributed by atoms with Crippen molar-refractivity contribution in [2.45, 2.75) is 12.3 Å². The molecule has 0 spiro atoms. The molecule has 1 unspecified atom stereocenters. The van der Waals surface area contributed by atoms with Crippen LogP contribution in [0.5, 0.6) is 0 Å². The lowest BCUT2D eigenvalue weighted by molar-refractivity contribution is -0.119. The van der Waals surface area contributed by atoms with E-state index in [9.17, 15) is 9.59 Å². The summed E-state index contributed by atoms with van der Waals surface area (Å²) < 4.78 is 5.29. The van der Waals surface area contributed by atoms with Crippen LogP contribution in [0.1, 0.15) is 28.4 Å². The van der Waals surface area contributed by atoms with E-state index in [1.807, 2.05) is 29.3 Å². The molecule has 130 valence electrons. The number of hydrogen-bond donors (Lipinski definition) is 2. The van der Waals surface area contributed by atoms with Crippen molar-refractivity contribution in [3.05, 3.63) is 47.8 Å². The van der Waals surface area contributed by atoms with Gasteiger partial charge in [-0.2, -0.15) is 0 Å². The normalized spacial score (nSPS) is 20.6. The summed E-state index contributed by atoms with van der Waals surface area (Å²) in [6, 6.07) is 10.1. The molecule has 1 atom stereocenters. The van der Waals surface area contributed by atoms with Gasteiger partial charge in [0.25, 0.3) is 5.91 Å². The summed E-state index contributed by atoms with van der Waals surface area (Å²) in [4.78, 5) is 28.8. The van der Waals surface area contributed by atoms with Gasteiger partial charge in [0, 0.05) is 38.2 Å². The first-order valence-electron chi connectivity index (χ1n) is 8.63. The molecule has 6 nitrogen and oxygen atoms in total. The molecule has 4 rings (SSSR count). The fourth-order valence-corrected chi connectivity index (χ4v) is 3.41. The minimum Gasteiger partial charge on any atom is -0.378 e. The highest BCUT2D eigenvalue weighted by Crippen LogP contribution is 2.27. The zero-order valence-electron chi connectivity index (χ0n) is 14.0. The molecule has 0 saturated carbocycles. The first-order chi connectivity index (χ1) is 12.2. The van der Waals surface area contributed by atoms with Crippen LogP contribution in [-0.4, -0.2) is 54.5 Å². The van der Waals surface area contributed by atoms with E-state index in [-0.39, 0.29) is 17.7 Å². The largest absolute Gasteiger partial charge is 0.378 e. The Balaban J connectivity index is 1.48. The van der Waals surface area contributed by atoms with E-state index < -0.39 is 0 Å². The molecule has 2 aliphatic heterocycles. The van der Waals surface area contributed by atoms with Crippen molar-refractivity contribution in [1.82, 2.24) is 15.2 Å². The number of aromatic amines is 1. The SMILES string of the molecule is O=C1CC(c2ccc(-c3c[nH]c(C(=O)N4CCOCC4)c3)cc2)CN1. The molecular weight excluding hydrogens is 318 g/mol. The van der Waals surface area contributed by atoms with Crippen molar-refractivity contribution in [3.63, 3.8) is 0 Å². The lowest BCUT2D eigenvalue weighted by atomic mass is 9.96. The van der Waals surface area contributed by atoms with Gasteiger partial charge in [-0.3, -0.25) is 9.59 Å². The molecule has 25 heavy (non-hydrogen) atoms. The van der Waals surface area contributed by atoms with Crippen LogP contribution in [0.4, 0.5) is 0 Å². The van der Waals surface area contributed by atoms with Gasteiger partial charge in [0.05, 0.1) is 13.2 Å². The maximum absolute atomic E-state index is 12.5. The molecule has 2 amide bonds. The number of aromatic nitrogens is 1. The van der Waals surface area contributed by atoms with Crippen LogP contribution in [-0.2, 0) is 9.53 Å². The Morgan fingerprint density at radius 2 is 1.88 bits per heavy atom. The van der Waals surface area contributed by atoms with Crippen LogP contribution < -0.4 is 5.32 Å². The predicted octanol–water partition coefficient (Wildman–Crippen LogP) is 1.76. The van der Waals surface area contributed by atoms with E-state index in [0.29, 0.717) is 45.0 Å². The van der Waals surface area contributed by atoms with E-state index in [1.165, 1.54) is 5.56 Å². The van der Waals surface area contributed by atoms with Crippen LogP contribution in [0.2, 0.25) is 0 Å². The smallest absolute Gasteiger partial charge is 0.270 e. The molecule has 0 radical (unpaired) electrons. The second kappa shape index (κ2) is 6.72. The highest BCUT2D eigenvalue weighted by molar-refractivity contribution is 5.94. The molecule has 2 saturated heterocycles. The third kappa shape index (κ3) is 3.30. The van der Waals surface area contributed by atoms with Crippen LogP contribution >= 0.6 is 0 Å². The number of ether oxygens (including phenoxy) is 1. The van der Waals surface area contributed by atoms with Gasteiger partial charge in [-0.05, 0) is 22.8 Å². The third-order valence-corrected chi connectivity index (χ3v) is 4.90. The molecule has 6 heteroatoms. The van der Waals surface area contributed by atoms with Crippen molar-refractivity contribution in [2.24, 2.45) is 0 Å². The van der Waals surface area contributed by atoms with Crippen LogP contribution in [0, 0.1) is 0 Å². The van der Waals surface area contributed by atoms with Gasteiger partial charge >= 0.3 is 0 Å². The average molecular weight is 339 g/mol. The number of amides is 2. The Bertz CT molecular complexity index is 775. The van der Waals surface area contributed by atoms with Gasteiger partial charge in [0.15, 0.2) is 0 Å². The summed E-state index contributed by atoms with van der Waals surface area (Å²) in [5.41, 5.74) is 3.82. The molecule has 2 N–H and O–H groups in total. The van der Waals surface area contributed by atoms with Crippen LogP contribution in [0.25, 0.3) is 11.1 Å². The van der Waals surface area contributed by atoms with Gasteiger partial charge in [-0.15, -0.1) is 0 Å². The second-order valence-corrected chi connectivity index (χ2v) is 6.53. The number of morpholine rings is 1. The fraction of sp³-hybridized carbons (Fsp3) is 0.368. The number of carbonyl (C=O) groups excluding carboxylic acids is 2. The second-order valence-electron chi connectivity index (χ2n) is 6.53. The Hall–Kier alpha value is -2.60. The first-order valence-corrected chi connectivity index (χ1v) is 8.63. The number of hydrogen-bond acceptors (Lipinski definition) is 3. The number of nitrogens with zero attached hydrogens (tertiary/aromatic N) is 1. The highest BCUT2D eigenvalue weighted by Gasteiger charge is 2.23. The molecule has 0 aliphatic carbocycles. The summed E-state index contributed by atoms with van der Waals surface area (Å²) in [6.45, 7) is 3.17. The Kier molecular flexibility index (Phi) is 4.28. The minimum absolute atomic E-state index is 0.0155. The van der Waals surface area contributed by atoms with Gasteiger partial charge in [0.2, 0.25) is 5.91 Å². The number of benzene rings is 1. The maximum Gasteiger partial charge on any atom is 0.270 e. The topological polar surface area (TPSA) is 74.4 Å². The predicted molar refractivity (Wildman–Crippen MR) is 93.3 cm³/mol. The quantitative estimate of drug-likeness (QED) is 0.895. The van der Waals surface area contributed by atoms with Crippen molar-refractivity contribution >= 4 is 11.8 Å². The summed E-state index contributed by atoms with van der Waals surface area (Å²) in [7, 11) is 0. The monoisotopic (exact) mass is 339 g/mol. The van der Waals surface area contributed by atoms with Gasteiger partial charge in [-0.25, -0.2) is 0 Å². The Morgan fingerprint density at radius 1 is 1.12 bits per heavy atom. The summed E-state index contributed by atoms with van der Waals surface area (Å²) in [6.07, 6.45) is 2.42. The van der Waals surface area contributed by atoms with Crippen LogP contribution in [0.3, 0.4) is 0 Å². The van der Waals surface area contributed by atoms with E-state index in [4.69, 9.17) is 4.74 Å².